The second-order valence-corrected chi connectivity index (χ2v) is 4.11. The first kappa shape index (κ1) is 11.9. The number of benzene rings is 1. The van der Waals surface area contributed by atoms with E-state index in [0.29, 0.717) is 6.54 Å². The zero-order valence-electron chi connectivity index (χ0n) is 9.79. The Bertz CT molecular complexity index is 333. The zero-order valence-corrected chi connectivity index (χ0v) is 9.79. The number of rotatable bonds is 5. The van der Waals surface area contributed by atoms with Crippen LogP contribution in [0.3, 0.4) is 0 Å². The lowest BCUT2D eigenvalue weighted by Gasteiger charge is -2.14. The van der Waals surface area contributed by atoms with Gasteiger partial charge in [-0.1, -0.05) is 23.8 Å². The molecule has 0 saturated heterocycles. The van der Waals surface area contributed by atoms with Crippen molar-refractivity contribution in [1.29, 1.82) is 0 Å². The largest absolute Gasteiger partial charge is 0.302 e. The number of carbonyl (C=O) groups is 1. The molecule has 0 radical (unpaired) electrons. The molecule has 0 aliphatic carbocycles. The third kappa shape index (κ3) is 3.84. The van der Waals surface area contributed by atoms with Gasteiger partial charge in [0, 0.05) is 6.54 Å². The molecule has 1 aromatic rings. The molecule has 0 saturated carbocycles. The summed E-state index contributed by atoms with van der Waals surface area (Å²) in [5.41, 5.74) is 4.02. The summed E-state index contributed by atoms with van der Waals surface area (Å²) in [5.74, 6) is 0. The van der Waals surface area contributed by atoms with Crippen molar-refractivity contribution in [3.63, 3.8) is 0 Å². The molecule has 0 aliphatic heterocycles. The van der Waals surface area contributed by atoms with Crippen molar-refractivity contribution in [1.82, 2.24) is 4.90 Å². The number of likely N-dealkylation sites (N-methyl/N-ethyl adjacent to an activating group) is 1. The SMILES string of the molecule is Cc1ccc(C)c(CCN(C)CC=O)c1. The van der Waals surface area contributed by atoms with Crippen molar-refractivity contribution in [2.24, 2.45) is 0 Å². The van der Waals surface area contributed by atoms with E-state index >= 15 is 0 Å². The quantitative estimate of drug-likeness (QED) is 0.685. The summed E-state index contributed by atoms with van der Waals surface area (Å²) in [6.45, 7) is 5.69. The summed E-state index contributed by atoms with van der Waals surface area (Å²) in [4.78, 5) is 12.3. The first-order valence-corrected chi connectivity index (χ1v) is 5.32. The van der Waals surface area contributed by atoms with Crippen LogP contribution in [-0.4, -0.2) is 31.3 Å². The van der Waals surface area contributed by atoms with Crippen molar-refractivity contribution in [2.75, 3.05) is 20.1 Å². The van der Waals surface area contributed by atoms with Gasteiger partial charge in [0.05, 0.1) is 6.54 Å². The Kier molecular flexibility index (Phi) is 4.50. The van der Waals surface area contributed by atoms with E-state index < -0.39 is 0 Å². The van der Waals surface area contributed by atoms with Crippen LogP contribution in [0.1, 0.15) is 16.7 Å². The first-order valence-electron chi connectivity index (χ1n) is 5.32. The molecule has 0 heterocycles. The lowest BCUT2D eigenvalue weighted by Crippen LogP contribution is -2.23. The molecule has 0 N–H and O–H groups in total. The highest BCUT2D eigenvalue weighted by Crippen LogP contribution is 2.11. The Morgan fingerprint density at radius 3 is 2.73 bits per heavy atom. The van der Waals surface area contributed by atoms with E-state index in [1.807, 2.05) is 11.9 Å². The Morgan fingerprint density at radius 2 is 2.07 bits per heavy atom. The van der Waals surface area contributed by atoms with Crippen molar-refractivity contribution >= 4 is 6.29 Å². The highest BCUT2D eigenvalue weighted by Gasteiger charge is 2.01. The molecular formula is C13H19NO. The molecule has 0 fully saturated rings. The standard InChI is InChI=1S/C13H19NO/c1-11-4-5-12(2)13(10-11)6-7-14(3)8-9-15/h4-5,9-10H,6-8H2,1-3H3. The van der Waals surface area contributed by atoms with E-state index in [0.717, 1.165) is 19.3 Å². The smallest absolute Gasteiger partial charge is 0.133 e. The number of hydrogen-bond donors (Lipinski definition) is 0. The summed E-state index contributed by atoms with van der Waals surface area (Å²) < 4.78 is 0. The van der Waals surface area contributed by atoms with Crippen LogP contribution in [0.2, 0.25) is 0 Å². The second-order valence-electron chi connectivity index (χ2n) is 4.11. The van der Waals surface area contributed by atoms with Crippen LogP contribution in [0.4, 0.5) is 0 Å². The van der Waals surface area contributed by atoms with Gasteiger partial charge in [-0.05, 0) is 38.4 Å². The van der Waals surface area contributed by atoms with Crippen LogP contribution in [0.25, 0.3) is 0 Å². The fraction of sp³-hybridized carbons (Fsp3) is 0.462. The lowest BCUT2D eigenvalue weighted by atomic mass is 10.0. The van der Waals surface area contributed by atoms with E-state index in [-0.39, 0.29) is 0 Å². The van der Waals surface area contributed by atoms with Crippen molar-refractivity contribution in [3.05, 3.63) is 34.9 Å². The predicted octanol–water partition coefficient (Wildman–Crippen LogP) is 1.98. The molecule has 1 aromatic carbocycles. The molecule has 0 amide bonds. The van der Waals surface area contributed by atoms with E-state index in [1.165, 1.54) is 16.7 Å². The van der Waals surface area contributed by atoms with E-state index in [1.54, 1.807) is 0 Å². The van der Waals surface area contributed by atoms with Crippen LogP contribution in [-0.2, 0) is 11.2 Å². The highest BCUT2D eigenvalue weighted by atomic mass is 16.1. The van der Waals surface area contributed by atoms with Gasteiger partial charge in [-0.15, -0.1) is 0 Å². The minimum Gasteiger partial charge on any atom is -0.302 e. The molecule has 0 atom stereocenters. The molecule has 0 bridgehead atoms. The Labute approximate surface area is 91.9 Å². The summed E-state index contributed by atoms with van der Waals surface area (Å²) in [7, 11) is 1.97. The summed E-state index contributed by atoms with van der Waals surface area (Å²) in [5, 5.41) is 0. The molecule has 1 rings (SSSR count). The van der Waals surface area contributed by atoms with Crippen LogP contribution in [0.15, 0.2) is 18.2 Å². The Hall–Kier alpha value is -1.15. The van der Waals surface area contributed by atoms with Gasteiger partial charge in [-0.3, -0.25) is 4.90 Å². The number of hydrogen-bond acceptors (Lipinski definition) is 2. The maximum absolute atomic E-state index is 10.3. The fourth-order valence-electron chi connectivity index (χ4n) is 1.60. The van der Waals surface area contributed by atoms with Crippen LogP contribution >= 0.6 is 0 Å². The maximum Gasteiger partial charge on any atom is 0.133 e. The van der Waals surface area contributed by atoms with Gasteiger partial charge in [0.1, 0.15) is 6.29 Å². The second kappa shape index (κ2) is 5.66. The van der Waals surface area contributed by atoms with Gasteiger partial charge in [-0.25, -0.2) is 0 Å². The van der Waals surface area contributed by atoms with Gasteiger partial charge in [0.25, 0.3) is 0 Å². The number of aryl methyl sites for hydroxylation is 2. The molecule has 0 aliphatic rings. The molecule has 2 heteroatoms. The molecule has 2 nitrogen and oxygen atoms in total. The minimum atomic E-state index is 0.519. The first-order chi connectivity index (χ1) is 7.13. The summed E-state index contributed by atoms with van der Waals surface area (Å²) in [6.07, 6.45) is 1.96. The maximum atomic E-state index is 10.3. The molecule has 82 valence electrons. The van der Waals surface area contributed by atoms with Gasteiger partial charge in [-0.2, -0.15) is 0 Å². The van der Waals surface area contributed by atoms with Gasteiger partial charge in [0.15, 0.2) is 0 Å². The average molecular weight is 205 g/mol. The summed E-state index contributed by atoms with van der Waals surface area (Å²) >= 11 is 0. The fourth-order valence-corrected chi connectivity index (χ4v) is 1.60. The normalized spacial score (nSPS) is 10.7. The van der Waals surface area contributed by atoms with Gasteiger partial charge in [0.2, 0.25) is 0 Å². The van der Waals surface area contributed by atoms with Crippen LogP contribution in [0, 0.1) is 13.8 Å². The molecule has 0 spiro atoms. The molecule has 15 heavy (non-hydrogen) atoms. The Balaban J connectivity index is 2.56. The lowest BCUT2D eigenvalue weighted by molar-refractivity contribution is -0.108. The predicted molar refractivity (Wildman–Crippen MR) is 63.2 cm³/mol. The average Bonchev–Trinajstić information content (AvgIpc) is 2.20. The zero-order chi connectivity index (χ0) is 11.3. The number of carbonyl (C=O) groups excluding carboxylic acids is 1. The monoisotopic (exact) mass is 205 g/mol. The highest BCUT2D eigenvalue weighted by molar-refractivity contribution is 5.51. The summed E-state index contributed by atoms with van der Waals surface area (Å²) in [6, 6.07) is 6.52. The van der Waals surface area contributed by atoms with Gasteiger partial charge < -0.3 is 4.79 Å². The van der Waals surface area contributed by atoms with E-state index in [2.05, 4.69) is 32.0 Å². The molecule has 0 unspecified atom stereocenters. The van der Waals surface area contributed by atoms with Crippen molar-refractivity contribution in [2.45, 2.75) is 20.3 Å². The van der Waals surface area contributed by atoms with E-state index in [4.69, 9.17) is 0 Å². The minimum absolute atomic E-state index is 0.519. The number of aldehydes is 1. The molecular weight excluding hydrogens is 186 g/mol. The molecule has 0 aromatic heterocycles. The van der Waals surface area contributed by atoms with Crippen LogP contribution < -0.4 is 0 Å². The number of nitrogens with zero attached hydrogens (tertiary/aromatic N) is 1. The third-order valence-electron chi connectivity index (χ3n) is 2.65. The van der Waals surface area contributed by atoms with Gasteiger partial charge >= 0.3 is 0 Å². The third-order valence-corrected chi connectivity index (χ3v) is 2.65. The van der Waals surface area contributed by atoms with Crippen molar-refractivity contribution in [3.8, 4) is 0 Å². The van der Waals surface area contributed by atoms with E-state index in [9.17, 15) is 4.79 Å². The Morgan fingerprint density at radius 1 is 1.33 bits per heavy atom. The topological polar surface area (TPSA) is 20.3 Å². The van der Waals surface area contributed by atoms with Crippen molar-refractivity contribution < 1.29 is 4.79 Å². The van der Waals surface area contributed by atoms with Crippen LogP contribution in [0.5, 0.6) is 0 Å².